The Labute approximate surface area is 153 Å². The fourth-order valence-corrected chi connectivity index (χ4v) is 2.91. The van der Waals surface area contributed by atoms with Gasteiger partial charge in [0.2, 0.25) is 0 Å². The van der Waals surface area contributed by atoms with Gasteiger partial charge in [-0.05, 0) is 38.5 Å². The second kappa shape index (κ2) is 7.86. The molecule has 0 saturated heterocycles. The summed E-state index contributed by atoms with van der Waals surface area (Å²) in [5.74, 6) is 0. The van der Waals surface area contributed by atoms with Crippen molar-refractivity contribution in [1.29, 1.82) is 0 Å². The minimum Gasteiger partial charge on any atom is -0.335 e. The maximum absolute atomic E-state index is 12.5. The molecule has 2 amide bonds. The third-order valence-electron chi connectivity index (χ3n) is 4.21. The van der Waals surface area contributed by atoms with Gasteiger partial charge in [0.15, 0.2) is 0 Å². The maximum atomic E-state index is 12.5. The van der Waals surface area contributed by atoms with E-state index in [1.165, 1.54) is 0 Å². The number of imidazole rings is 1. The molecule has 2 heterocycles. The Bertz CT molecular complexity index is 868. The van der Waals surface area contributed by atoms with Crippen molar-refractivity contribution >= 4 is 11.7 Å². The van der Waals surface area contributed by atoms with Crippen LogP contribution in [0.25, 0.3) is 5.69 Å². The molecule has 0 aliphatic rings. The summed E-state index contributed by atoms with van der Waals surface area (Å²) in [5, 5.41) is 10.5. The van der Waals surface area contributed by atoms with E-state index in [0.29, 0.717) is 12.2 Å². The molecule has 1 aromatic carbocycles. The monoisotopic (exact) mass is 352 g/mol. The molecular formula is C19H24N6O. The van der Waals surface area contributed by atoms with E-state index in [1.807, 2.05) is 66.5 Å². The highest BCUT2D eigenvalue weighted by molar-refractivity contribution is 5.91. The van der Waals surface area contributed by atoms with Gasteiger partial charge in [0, 0.05) is 30.7 Å². The predicted molar refractivity (Wildman–Crippen MR) is 101 cm³/mol. The minimum absolute atomic E-state index is 0.0186. The summed E-state index contributed by atoms with van der Waals surface area (Å²) in [6, 6.07) is 9.45. The number of benzene rings is 1. The van der Waals surface area contributed by atoms with Crippen LogP contribution in [0, 0.1) is 13.8 Å². The molecule has 0 radical (unpaired) electrons. The number of para-hydroxylation sites is 2. The first-order chi connectivity index (χ1) is 12.6. The van der Waals surface area contributed by atoms with Crippen LogP contribution in [-0.2, 0) is 6.54 Å². The van der Waals surface area contributed by atoms with Crippen molar-refractivity contribution in [1.82, 2.24) is 24.6 Å². The average Bonchev–Trinajstić information content (AvgIpc) is 3.24. The highest BCUT2D eigenvalue weighted by Crippen LogP contribution is 2.21. The molecule has 2 aromatic heterocycles. The van der Waals surface area contributed by atoms with Crippen LogP contribution in [0.1, 0.15) is 24.7 Å². The van der Waals surface area contributed by atoms with Crippen molar-refractivity contribution in [3.63, 3.8) is 0 Å². The zero-order valence-corrected chi connectivity index (χ0v) is 15.3. The topological polar surface area (TPSA) is 76.8 Å². The van der Waals surface area contributed by atoms with E-state index in [0.717, 1.165) is 23.5 Å². The van der Waals surface area contributed by atoms with E-state index in [9.17, 15) is 4.79 Å². The van der Waals surface area contributed by atoms with Crippen LogP contribution in [0.3, 0.4) is 0 Å². The molecule has 7 nitrogen and oxygen atoms in total. The summed E-state index contributed by atoms with van der Waals surface area (Å²) >= 11 is 0. The SMILES string of the molecule is CC[C@@H](Cn1ccnc1)NC(=O)Nc1ccccc1-n1nc(C)cc1C. The van der Waals surface area contributed by atoms with Crippen molar-refractivity contribution < 1.29 is 4.79 Å². The van der Waals surface area contributed by atoms with E-state index in [4.69, 9.17) is 0 Å². The summed E-state index contributed by atoms with van der Waals surface area (Å²) in [6.07, 6.45) is 6.20. The summed E-state index contributed by atoms with van der Waals surface area (Å²) < 4.78 is 3.80. The summed E-state index contributed by atoms with van der Waals surface area (Å²) in [4.78, 5) is 16.5. The fourth-order valence-electron chi connectivity index (χ4n) is 2.91. The van der Waals surface area contributed by atoms with Crippen LogP contribution >= 0.6 is 0 Å². The number of urea groups is 1. The van der Waals surface area contributed by atoms with Gasteiger partial charge < -0.3 is 15.2 Å². The van der Waals surface area contributed by atoms with Gasteiger partial charge in [-0.25, -0.2) is 14.5 Å². The molecule has 3 rings (SSSR count). The molecule has 26 heavy (non-hydrogen) atoms. The number of anilines is 1. The van der Waals surface area contributed by atoms with Crippen LogP contribution in [0.4, 0.5) is 10.5 Å². The highest BCUT2D eigenvalue weighted by Gasteiger charge is 2.14. The van der Waals surface area contributed by atoms with Gasteiger partial charge in [-0.1, -0.05) is 19.1 Å². The summed E-state index contributed by atoms with van der Waals surface area (Å²) in [7, 11) is 0. The Morgan fingerprint density at radius 3 is 2.73 bits per heavy atom. The van der Waals surface area contributed by atoms with Crippen LogP contribution < -0.4 is 10.6 Å². The maximum Gasteiger partial charge on any atom is 0.319 e. The lowest BCUT2D eigenvalue weighted by Gasteiger charge is -2.19. The molecule has 136 valence electrons. The van der Waals surface area contributed by atoms with Gasteiger partial charge in [0.25, 0.3) is 0 Å². The predicted octanol–water partition coefficient (Wildman–Crippen LogP) is 3.29. The van der Waals surface area contributed by atoms with Crippen molar-refractivity contribution in [3.05, 3.63) is 60.4 Å². The van der Waals surface area contributed by atoms with Crippen LogP contribution in [0.5, 0.6) is 0 Å². The number of hydrogen-bond donors (Lipinski definition) is 2. The smallest absolute Gasteiger partial charge is 0.319 e. The van der Waals surface area contributed by atoms with Crippen molar-refractivity contribution in [2.24, 2.45) is 0 Å². The first-order valence-corrected chi connectivity index (χ1v) is 8.72. The van der Waals surface area contributed by atoms with E-state index < -0.39 is 0 Å². The quantitative estimate of drug-likeness (QED) is 0.715. The largest absolute Gasteiger partial charge is 0.335 e. The van der Waals surface area contributed by atoms with Crippen molar-refractivity contribution in [2.75, 3.05) is 5.32 Å². The van der Waals surface area contributed by atoms with Gasteiger partial charge in [-0.2, -0.15) is 5.10 Å². The average molecular weight is 352 g/mol. The Morgan fingerprint density at radius 1 is 1.27 bits per heavy atom. The molecular weight excluding hydrogens is 328 g/mol. The van der Waals surface area contributed by atoms with Crippen LogP contribution in [0.15, 0.2) is 49.1 Å². The normalized spacial score (nSPS) is 12.0. The molecule has 0 fully saturated rings. The minimum atomic E-state index is -0.231. The third kappa shape index (κ3) is 4.11. The van der Waals surface area contributed by atoms with Gasteiger partial charge >= 0.3 is 6.03 Å². The summed E-state index contributed by atoms with van der Waals surface area (Å²) in [6.45, 7) is 6.68. The van der Waals surface area contributed by atoms with Gasteiger partial charge in [-0.3, -0.25) is 0 Å². The van der Waals surface area contributed by atoms with Crippen molar-refractivity contribution in [2.45, 2.75) is 39.8 Å². The molecule has 7 heteroatoms. The molecule has 3 aromatic rings. The number of aryl methyl sites for hydroxylation is 2. The molecule has 0 bridgehead atoms. The van der Waals surface area contributed by atoms with E-state index in [2.05, 4.69) is 20.7 Å². The Morgan fingerprint density at radius 2 is 2.08 bits per heavy atom. The van der Waals surface area contributed by atoms with Crippen LogP contribution in [0.2, 0.25) is 0 Å². The molecule has 0 aliphatic carbocycles. The van der Waals surface area contributed by atoms with E-state index >= 15 is 0 Å². The number of rotatable bonds is 6. The zero-order valence-electron chi connectivity index (χ0n) is 15.3. The van der Waals surface area contributed by atoms with Gasteiger partial charge in [0.1, 0.15) is 0 Å². The first-order valence-electron chi connectivity index (χ1n) is 8.72. The molecule has 2 N–H and O–H groups in total. The Balaban J connectivity index is 1.72. The first kappa shape index (κ1) is 17.7. The number of carbonyl (C=O) groups is 1. The number of carbonyl (C=O) groups excluding carboxylic acids is 1. The second-order valence-corrected chi connectivity index (χ2v) is 6.32. The standard InChI is InChI=1S/C19H24N6O/c1-4-16(12-24-10-9-20-13-24)21-19(26)22-17-7-5-6-8-18(17)25-15(3)11-14(2)23-25/h5-11,13,16H,4,12H2,1-3H3,(H2,21,22,26)/t16-/m0/s1. The molecule has 0 saturated carbocycles. The third-order valence-corrected chi connectivity index (χ3v) is 4.21. The number of aromatic nitrogens is 4. The fraction of sp³-hybridized carbons (Fsp3) is 0.316. The van der Waals surface area contributed by atoms with Crippen molar-refractivity contribution in [3.8, 4) is 5.69 Å². The molecule has 0 unspecified atom stereocenters. The number of amides is 2. The van der Waals surface area contributed by atoms with E-state index in [1.54, 1.807) is 12.5 Å². The lowest BCUT2D eigenvalue weighted by Crippen LogP contribution is -2.40. The lowest BCUT2D eigenvalue weighted by molar-refractivity contribution is 0.246. The Hall–Kier alpha value is -3.09. The number of nitrogens with zero attached hydrogens (tertiary/aromatic N) is 4. The molecule has 0 aliphatic heterocycles. The van der Waals surface area contributed by atoms with E-state index in [-0.39, 0.29) is 12.1 Å². The number of nitrogens with one attached hydrogen (secondary N) is 2. The number of hydrogen-bond acceptors (Lipinski definition) is 3. The molecule has 0 spiro atoms. The van der Waals surface area contributed by atoms with Gasteiger partial charge in [-0.15, -0.1) is 0 Å². The summed E-state index contributed by atoms with van der Waals surface area (Å²) in [5.41, 5.74) is 3.52. The lowest BCUT2D eigenvalue weighted by atomic mass is 10.2. The zero-order chi connectivity index (χ0) is 18.5. The van der Waals surface area contributed by atoms with Crippen LogP contribution in [-0.4, -0.2) is 31.4 Å². The van der Waals surface area contributed by atoms with Gasteiger partial charge in [0.05, 0.1) is 23.4 Å². The highest BCUT2D eigenvalue weighted by atomic mass is 16.2. The second-order valence-electron chi connectivity index (χ2n) is 6.32. The Kier molecular flexibility index (Phi) is 5.36. The molecule has 1 atom stereocenters.